The highest BCUT2D eigenvalue weighted by atomic mass is 31.2. The number of hydrogen-bond donors (Lipinski definition) is 0. The Hall–Kier alpha value is -0.390. The van der Waals surface area contributed by atoms with Crippen LogP contribution in [-0.2, 0) is 27.6 Å². The Morgan fingerprint density at radius 3 is 2.41 bits per heavy atom. The molecule has 5 rings (SSSR count). The molecule has 0 amide bonds. The average Bonchev–Trinajstić information content (AvgIpc) is 3.34. The van der Waals surface area contributed by atoms with Crippen LogP contribution in [0.1, 0.15) is 79.1 Å². The SMILES string of the molecule is CCOP(=O)(OCC)OC1=CCC2C3CC[C@H]4CC5(CC[C@]4(C)C3CC[C@]12C)OCCO5. The molecule has 6 atom stereocenters. The van der Waals surface area contributed by atoms with Crippen molar-refractivity contribution in [3.05, 3.63) is 11.8 Å². The fourth-order valence-electron chi connectivity index (χ4n) is 8.15. The predicted molar refractivity (Wildman–Crippen MR) is 122 cm³/mol. The fourth-order valence-corrected chi connectivity index (χ4v) is 9.49. The molecular weight excluding hydrogens is 427 g/mol. The van der Waals surface area contributed by atoms with Gasteiger partial charge in [0.05, 0.1) is 26.4 Å². The summed E-state index contributed by atoms with van der Waals surface area (Å²) in [5.41, 5.74) is 0.280. The monoisotopic (exact) mass is 468 g/mol. The maximum Gasteiger partial charge on any atom is 0.529 e. The topological polar surface area (TPSA) is 63.2 Å². The molecule has 6 nitrogen and oxygen atoms in total. The lowest BCUT2D eigenvalue weighted by molar-refractivity contribution is -0.228. The summed E-state index contributed by atoms with van der Waals surface area (Å²) in [4.78, 5) is 0. The van der Waals surface area contributed by atoms with Crippen molar-refractivity contribution in [2.24, 2.45) is 34.5 Å². The molecule has 1 aliphatic heterocycles. The highest BCUT2D eigenvalue weighted by Gasteiger charge is 2.61. The molecule has 5 aliphatic rings. The summed E-state index contributed by atoms with van der Waals surface area (Å²) in [5, 5.41) is 0. The fraction of sp³-hybridized carbons (Fsp3) is 0.920. The number of phosphoric acid groups is 1. The number of ether oxygens (including phenoxy) is 2. The van der Waals surface area contributed by atoms with Gasteiger partial charge in [-0.05, 0) is 87.5 Å². The van der Waals surface area contributed by atoms with E-state index in [0.29, 0.717) is 36.4 Å². The molecule has 3 unspecified atom stereocenters. The van der Waals surface area contributed by atoms with Crippen molar-refractivity contribution in [3.8, 4) is 0 Å². The lowest BCUT2D eigenvalue weighted by Gasteiger charge is -2.61. The summed E-state index contributed by atoms with van der Waals surface area (Å²) in [7, 11) is -3.56. The van der Waals surface area contributed by atoms with Gasteiger partial charge < -0.3 is 14.0 Å². The van der Waals surface area contributed by atoms with E-state index in [0.717, 1.165) is 50.6 Å². The van der Waals surface area contributed by atoms with E-state index < -0.39 is 7.82 Å². The molecule has 0 aromatic rings. The van der Waals surface area contributed by atoms with E-state index in [-0.39, 0.29) is 11.2 Å². The minimum atomic E-state index is -3.56. The first kappa shape index (κ1) is 23.4. The Morgan fingerprint density at radius 1 is 1.00 bits per heavy atom. The van der Waals surface area contributed by atoms with E-state index in [1.54, 1.807) is 0 Å². The molecule has 0 N–H and O–H groups in total. The van der Waals surface area contributed by atoms with Crippen molar-refractivity contribution in [3.63, 3.8) is 0 Å². The van der Waals surface area contributed by atoms with Crippen LogP contribution in [0.2, 0.25) is 0 Å². The smallest absolute Gasteiger partial charge is 0.408 e. The van der Waals surface area contributed by atoms with Crippen LogP contribution in [0.15, 0.2) is 11.8 Å². The molecule has 7 heteroatoms. The van der Waals surface area contributed by atoms with Crippen LogP contribution in [0.25, 0.3) is 0 Å². The van der Waals surface area contributed by atoms with Crippen molar-refractivity contribution in [1.82, 2.24) is 0 Å². The second-order valence-corrected chi connectivity index (χ2v) is 12.7. The first-order valence-electron chi connectivity index (χ1n) is 12.8. The third kappa shape index (κ3) is 3.64. The van der Waals surface area contributed by atoms with Crippen LogP contribution in [0, 0.1) is 34.5 Å². The van der Waals surface area contributed by atoms with Crippen LogP contribution in [0.3, 0.4) is 0 Å². The van der Waals surface area contributed by atoms with Crippen LogP contribution in [0.5, 0.6) is 0 Å². The van der Waals surface area contributed by atoms with Gasteiger partial charge in [0.25, 0.3) is 0 Å². The number of hydrogen-bond acceptors (Lipinski definition) is 6. The largest absolute Gasteiger partial charge is 0.529 e. The second kappa shape index (κ2) is 8.37. The minimum absolute atomic E-state index is 0.0816. The van der Waals surface area contributed by atoms with Gasteiger partial charge in [-0.1, -0.05) is 13.8 Å². The molecule has 0 aromatic carbocycles. The van der Waals surface area contributed by atoms with E-state index in [2.05, 4.69) is 19.9 Å². The maximum atomic E-state index is 13.1. The Kier molecular flexibility index (Phi) is 6.11. The molecule has 32 heavy (non-hydrogen) atoms. The molecule has 0 bridgehead atoms. The van der Waals surface area contributed by atoms with Crippen LogP contribution in [-0.4, -0.2) is 32.2 Å². The van der Waals surface area contributed by atoms with E-state index in [1.165, 1.54) is 25.7 Å². The van der Waals surface area contributed by atoms with E-state index in [4.69, 9.17) is 23.0 Å². The molecule has 4 aliphatic carbocycles. The van der Waals surface area contributed by atoms with Crippen molar-refractivity contribution in [2.45, 2.75) is 84.8 Å². The highest BCUT2D eigenvalue weighted by molar-refractivity contribution is 7.48. The van der Waals surface area contributed by atoms with Gasteiger partial charge >= 0.3 is 7.82 Å². The zero-order chi connectivity index (χ0) is 22.6. The molecule has 1 saturated heterocycles. The maximum absolute atomic E-state index is 13.1. The number of fused-ring (bicyclic) bond motifs is 5. The molecule has 1 spiro atoms. The molecule has 182 valence electrons. The molecule has 1 heterocycles. The van der Waals surface area contributed by atoms with Crippen molar-refractivity contribution < 1.29 is 27.6 Å². The van der Waals surface area contributed by atoms with E-state index in [9.17, 15) is 4.57 Å². The van der Waals surface area contributed by atoms with Crippen molar-refractivity contribution >= 4 is 7.82 Å². The lowest BCUT2D eigenvalue weighted by Crippen LogP contribution is -2.56. The van der Waals surface area contributed by atoms with Gasteiger partial charge in [-0.25, -0.2) is 4.57 Å². The third-order valence-electron chi connectivity index (χ3n) is 9.78. The lowest BCUT2D eigenvalue weighted by atomic mass is 9.45. The molecular formula is C25H41O6P. The van der Waals surface area contributed by atoms with Gasteiger partial charge in [0.2, 0.25) is 0 Å². The van der Waals surface area contributed by atoms with Gasteiger partial charge in [0.15, 0.2) is 5.79 Å². The van der Waals surface area contributed by atoms with Crippen LogP contribution in [0.4, 0.5) is 0 Å². The summed E-state index contributed by atoms with van der Waals surface area (Å²) < 4.78 is 42.2. The number of rotatable bonds is 6. The second-order valence-electron chi connectivity index (χ2n) is 11.1. The minimum Gasteiger partial charge on any atom is -0.408 e. The normalized spacial score (nSPS) is 42.8. The average molecular weight is 469 g/mol. The third-order valence-corrected chi connectivity index (χ3v) is 11.3. The molecule has 0 aromatic heterocycles. The van der Waals surface area contributed by atoms with Crippen LogP contribution < -0.4 is 0 Å². The summed E-state index contributed by atoms with van der Waals surface area (Å²) in [6.07, 6.45) is 11.3. The number of phosphoric ester groups is 1. The Labute approximate surface area is 193 Å². The van der Waals surface area contributed by atoms with Crippen molar-refractivity contribution in [2.75, 3.05) is 26.4 Å². The van der Waals surface area contributed by atoms with Gasteiger partial charge in [0.1, 0.15) is 5.76 Å². The quantitative estimate of drug-likeness (QED) is 0.417. The van der Waals surface area contributed by atoms with Gasteiger partial charge in [0, 0.05) is 18.3 Å². The zero-order valence-electron chi connectivity index (χ0n) is 20.3. The van der Waals surface area contributed by atoms with Gasteiger partial charge in [-0.3, -0.25) is 9.05 Å². The summed E-state index contributed by atoms with van der Waals surface area (Å²) in [5.74, 6) is 3.19. The first-order valence-corrected chi connectivity index (χ1v) is 14.3. The zero-order valence-corrected chi connectivity index (χ0v) is 21.2. The van der Waals surface area contributed by atoms with E-state index in [1.807, 2.05) is 13.8 Å². The highest BCUT2D eigenvalue weighted by Crippen LogP contribution is 2.69. The molecule has 0 radical (unpaired) electrons. The van der Waals surface area contributed by atoms with Crippen molar-refractivity contribution in [1.29, 1.82) is 0 Å². The van der Waals surface area contributed by atoms with Gasteiger partial charge in [-0.15, -0.1) is 0 Å². The molecule has 4 fully saturated rings. The standard InChI is InChI=1S/C25H41O6P/c1-5-29-32(26,30-6-2)31-22-10-9-20-19-8-7-18-17-25(27-15-16-28-25)14-13-23(18,3)21(19)11-12-24(20,22)4/h10,18-21H,5-9,11-17H2,1-4H3/t18-,19?,20?,21?,23-,24-/m0/s1. The number of allylic oxidation sites excluding steroid dienone is 2. The summed E-state index contributed by atoms with van der Waals surface area (Å²) >= 11 is 0. The Bertz CT molecular complexity index is 781. The summed E-state index contributed by atoms with van der Waals surface area (Å²) in [6, 6.07) is 0. The van der Waals surface area contributed by atoms with E-state index >= 15 is 0 Å². The van der Waals surface area contributed by atoms with Crippen LogP contribution >= 0.6 is 7.82 Å². The Balaban J connectivity index is 1.33. The Morgan fingerprint density at radius 2 is 1.72 bits per heavy atom. The van der Waals surface area contributed by atoms with Gasteiger partial charge in [-0.2, -0.15) is 0 Å². The molecule has 3 saturated carbocycles. The first-order chi connectivity index (χ1) is 15.3. The summed E-state index contributed by atoms with van der Waals surface area (Å²) in [6.45, 7) is 10.6. The predicted octanol–water partition coefficient (Wildman–Crippen LogP) is 6.46.